The van der Waals surface area contributed by atoms with Gasteiger partial charge in [0.05, 0.1) is 5.92 Å². The first-order valence-corrected chi connectivity index (χ1v) is 8.80. The lowest BCUT2D eigenvalue weighted by Crippen LogP contribution is -2.18. The Kier molecular flexibility index (Phi) is 12.3. The summed E-state index contributed by atoms with van der Waals surface area (Å²) in [5.74, 6) is -0.364. The third-order valence-electron chi connectivity index (χ3n) is 4.31. The van der Waals surface area contributed by atoms with Gasteiger partial charge in [-0.15, -0.1) is 0 Å². The maximum atomic E-state index is 11.2. The summed E-state index contributed by atoms with van der Waals surface area (Å²) in [7, 11) is 0. The van der Waals surface area contributed by atoms with Crippen molar-refractivity contribution in [1.29, 1.82) is 0 Å². The van der Waals surface area contributed by atoms with Crippen LogP contribution in [-0.2, 0) is 4.79 Å². The lowest BCUT2D eigenvalue weighted by Gasteiger charge is -2.18. The molecule has 21 heavy (non-hydrogen) atoms. The first-order chi connectivity index (χ1) is 10.1. The predicted octanol–water partition coefficient (Wildman–Crippen LogP) is 5.33. The van der Waals surface area contributed by atoms with Gasteiger partial charge in [0.1, 0.15) is 0 Å². The lowest BCUT2D eigenvalue weighted by molar-refractivity contribution is -0.142. The van der Waals surface area contributed by atoms with E-state index in [-0.39, 0.29) is 5.92 Å². The number of carbonyl (C=O) groups is 1. The Bertz CT molecular complexity index is 300. The van der Waals surface area contributed by atoms with Crippen LogP contribution in [0.2, 0.25) is 0 Å². The number of hydrogen-bond acceptors (Lipinski definition) is 2. The molecule has 0 aromatic carbocycles. The van der Waals surface area contributed by atoms with Gasteiger partial charge in [-0.2, -0.15) is 0 Å². The highest BCUT2D eigenvalue weighted by Gasteiger charge is 2.19. The minimum Gasteiger partial charge on any atom is -0.481 e. The number of aliphatic carboxylic acids is 1. The molecule has 0 fully saturated rings. The van der Waals surface area contributed by atoms with E-state index in [1.165, 1.54) is 31.4 Å². The Labute approximate surface area is 131 Å². The van der Waals surface area contributed by atoms with Gasteiger partial charge in [0.15, 0.2) is 0 Å². The number of nitrogens with zero attached hydrogens (tertiary/aromatic N) is 1. The normalized spacial score (nSPS) is 15.0. The minimum atomic E-state index is -0.638. The fourth-order valence-corrected chi connectivity index (χ4v) is 2.77. The first kappa shape index (κ1) is 20.1. The highest BCUT2D eigenvalue weighted by atomic mass is 16.4. The van der Waals surface area contributed by atoms with E-state index >= 15 is 0 Å². The van der Waals surface area contributed by atoms with Gasteiger partial charge in [0.25, 0.3) is 0 Å². The van der Waals surface area contributed by atoms with Gasteiger partial charge in [0, 0.05) is 12.3 Å². The molecule has 0 aliphatic heterocycles. The zero-order chi connectivity index (χ0) is 16.1. The molecule has 1 N–H and O–H groups in total. The van der Waals surface area contributed by atoms with E-state index in [1.54, 1.807) is 0 Å². The molecule has 0 saturated carbocycles. The molecule has 0 aliphatic rings. The van der Waals surface area contributed by atoms with Crippen LogP contribution in [0.5, 0.6) is 0 Å². The van der Waals surface area contributed by atoms with Crippen LogP contribution in [0, 0.1) is 11.8 Å². The fraction of sp³-hybridized carbons (Fsp3) is 0.889. The van der Waals surface area contributed by atoms with Crippen molar-refractivity contribution in [2.75, 3.05) is 6.54 Å². The quantitative estimate of drug-likeness (QED) is 0.369. The standard InChI is InChI=1S/C18H35NO2/c1-5-8-9-10-14-19-15(4)16(7-3)12-13-17(11-6-2)18(20)21/h16-17H,5-14H2,1-4H3,(H,20,21). The van der Waals surface area contributed by atoms with Crippen molar-refractivity contribution in [3.8, 4) is 0 Å². The van der Waals surface area contributed by atoms with Gasteiger partial charge in [-0.05, 0) is 44.9 Å². The molecule has 0 aromatic rings. The van der Waals surface area contributed by atoms with Gasteiger partial charge in [0.2, 0.25) is 0 Å². The molecule has 0 spiro atoms. The average Bonchev–Trinajstić information content (AvgIpc) is 2.46. The molecule has 2 atom stereocenters. The third kappa shape index (κ3) is 9.65. The number of unbranched alkanes of at least 4 members (excludes halogenated alkanes) is 3. The second kappa shape index (κ2) is 12.8. The van der Waals surface area contributed by atoms with Gasteiger partial charge >= 0.3 is 5.97 Å². The molecule has 0 heterocycles. The van der Waals surface area contributed by atoms with Crippen LogP contribution in [0.15, 0.2) is 4.99 Å². The lowest BCUT2D eigenvalue weighted by atomic mass is 9.89. The highest BCUT2D eigenvalue weighted by molar-refractivity contribution is 5.84. The minimum absolute atomic E-state index is 0.179. The SMILES string of the molecule is CCCCCCN=C(C)C(CC)CCC(CCC)C(=O)O. The van der Waals surface area contributed by atoms with Crippen LogP contribution in [0.25, 0.3) is 0 Å². The van der Waals surface area contributed by atoms with Crippen molar-refractivity contribution in [3.05, 3.63) is 0 Å². The van der Waals surface area contributed by atoms with Gasteiger partial charge in [-0.3, -0.25) is 9.79 Å². The molecular formula is C18H35NO2. The van der Waals surface area contributed by atoms with Crippen LogP contribution in [-0.4, -0.2) is 23.3 Å². The van der Waals surface area contributed by atoms with Crippen molar-refractivity contribution in [1.82, 2.24) is 0 Å². The maximum Gasteiger partial charge on any atom is 0.306 e. The average molecular weight is 297 g/mol. The molecule has 0 bridgehead atoms. The van der Waals surface area contributed by atoms with Crippen molar-refractivity contribution < 1.29 is 9.90 Å². The number of aliphatic imine (C=N–C) groups is 1. The third-order valence-corrected chi connectivity index (χ3v) is 4.31. The van der Waals surface area contributed by atoms with E-state index in [4.69, 9.17) is 4.99 Å². The van der Waals surface area contributed by atoms with E-state index in [9.17, 15) is 9.90 Å². The Morgan fingerprint density at radius 3 is 2.14 bits per heavy atom. The summed E-state index contributed by atoms with van der Waals surface area (Å²) in [5.41, 5.74) is 1.22. The van der Waals surface area contributed by atoms with E-state index in [2.05, 4.69) is 27.7 Å². The van der Waals surface area contributed by atoms with E-state index in [1.807, 2.05) is 0 Å². The molecule has 2 unspecified atom stereocenters. The summed E-state index contributed by atoms with van der Waals surface area (Å²) in [5, 5.41) is 9.22. The summed E-state index contributed by atoms with van der Waals surface area (Å²) < 4.78 is 0. The Balaban J connectivity index is 4.22. The van der Waals surface area contributed by atoms with Gasteiger partial charge < -0.3 is 5.11 Å². The summed E-state index contributed by atoms with van der Waals surface area (Å²) in [6, 6.07) is 0. The van der Waals surface area contributed by atoms with Crippen molar-refractivity contribution in [2.45, 2.75) is 85.5 Å². The monoisotopic (exact) mass is 297 g/mol. The predicted molar refractivity (Wildman–Crippen MR) is 91.2 cm³/mol. The number of carboxylic acids is 1. The van der Waals surface area contributed by atoms with Crippen LogP contribution in [0.3, 0.4) is 0 Å². The molecule has 0 saturated heterocycles. The molecule has 0 amide bonds. The van der Waals surface area contributed by atoms with Crippen LogP contribution in [0.1, 0.15) is 85.5 Å². The molecule has 0 aliphatic carbocycles. The van der Waals surface area contributed by atoms with E-state index < -0.39 is 5.97 Å². The molecule has 0 rings (SSSR count). The van der Waals surface area contributed by atoms with Crippen molar-refractivity contribution in [3.63, 3.8) is 0 Å². The Morgan fingerprint density at radius 1 is 0.952 bits per heavy atom. The van der Waals surface area contributed by atoms with Crippen LogP contribution >= 0.6 is 0 Å². The van der Waals surface area contributed by atoms with Gasteiger partial charge in [-0.25, -0.2) is 0 Å². The maximum absolute atomic E-state index is 11.2. The fourth-order valence-electron chi connectivity index (χ4n) is 2.77. The summed E-state index contributed by atoms with van der Waals surface area (Å²) >= 11 is 0. The smallest absolute Gasteiger partial charge is 0.306 e. The molecule has 124 valence electrons. The molecule has 3 heteroatoms. The van der Waals surface area contributed by atoms with Crippen molar-refractivity contribution >= 4 is 11.7 Å². The number of carboxylic acid groups (broad SMARTS) is 1. The van der Waals surface area contributed by atoms with Gasteiger partial charge in [-0.1, -0.05) is 46.5 Å². The number of rotatable bonds is 13. The zero-order valence-corrected chi connectivity index (χ0v) is 14.5. The molecule has 0 radical (unpaired) electrons. The summed E-state index contributed by atoms with van der Waals surface area (Å²) in [6.07, 6.45) is 9.52. The number of hydrogen-bond donors (Lipinski definition) is 1. The van der Waals surface area contributed by atoms with E-state index in [0.29, 0.717) is 5.92 Å². The first-order valence-electron chi connectivity index (χ1n) is 8.80. The second-order valence-corrected chi connectivity index (χ2v) is 6.09. The molecular weight excluding hydrogens is 262 g/mol. The van der Waals surface area contributed by atoms with Crippen LogP contribution < -0.4 is 0 Å². The molecule has 3 nitrogen and oxygen atoms in total. The van der Waals surface area contributed by atoms with E-state index in [0.717, 1.165) is 38.6 Å². The zero-order valence-electron chi connectivity index (χ0n) is 14.5. The molecule has 0 aromatic heterocycles. The summed E-state index contributed by atoms with van der Waals surface area (Å²) in [6.45, 7) is 9.49. The van der Waals surface area contributed by atoms with Crippen LogP contribution in [0.4, 0.5) is 0 Å². The Morgan fingerprint density at radius 2 is 1.62 bits per heavy atom. The Hall–Kier alpha value is -0.860. The topological polar surface area (TPSA) is 49.7 Å². The largest absolute Gasteiger partial charge is 0.481 e. The second-order valence-electron chi connectivity index (χ2n) is 6.09. The van der Waals surface area contributed by atoms with Crippen molar-refractivity contribution in [2.24, 2.45) is 16.8 Å². The highest BCUT2D eigenvalue weighted by Crippen LogP contribution is 2.21. The summed E-state index contributed by atoms with van der Waals surface area (Å²) in [4.78, 5) is 15.9.